The van der Waals surface area contributed by atoms with Gasteiger partial charge in [-0.15, -0.1) is 0 Å². The van der Waals surface area contributed by atoms with Crippen molar-refractivity contribution in [3.05, 3.63) is 370 Å². The van der Waals surface area contributed by atoms with E-state index in [0.29, 0.717) is 0 Å². The number of pyridine rings is 2. The summed E-state index contributed by atoms with van der Waals surface area (Å²) in [7, 11) is 0. The molecule has 0 saturated heterocycles. The van der Waals surface area contributed by atoms with Gasteiger partial charge in [0.15, 0.2) is 0 Å². The summed E-state index contributed by atoms with van der Waals surface area (Å²) in [5, 5.41) is 0. The zero-order chi connectivity index (χ0) is 66.4. The minimum Gasteiger partial charge on any atom is -0.310 e. The minimum absolute atomic E-state index is 0.382. The third kappa shape index (κ3) is 10.9. The average Bonchev–Trinajstić information content (AvgIpc) is 0.680. The molecule has 0 unspecified atom stereocenters. The second kappa shape index (κ2) is 25.5. The predicted octanol–water partition coefficient (Wildman–Crippen LogP) is 22.8. The van der Waals surface area contributed by atoms with E-state index in [2.05, 4.69) is 404 Å². The fraction of sp³-hybridized carbons (Fsp3) is 0.0435. The predicted molar refractivity (Wildman–Crippen MR) is 417 cm³/mol. The third-order valence-electron chi connectivity index (χ3n) is 19.3. The molecule has 6 nitrogen and oxygen atoms in total. The van der Waals surface area contributed by atoms with Gasteiger partial charge in [-0.05, 0) is 121 Å². The van der Waals surface area contributed by atoms with Crippen molar-refractivity contribution in [2.24, 2.45) is 0 Å². The van der Waals surface area contributed by atoms with Gasteiger partial charge in [0.25, 0.3) is 6.71 Å². The zero-order valence-electron chi connectivity index (χ0n) is 55.4. The fourth-order valence-electron chi connectivity index (χ4n) is 14.9. The lowest BCUT2D eigenvalue weighted by atomic mass is 9.32. The SMILES string of the molecule is CC(C)(C)c1cc2c3c(c1)N(c1c(-c4ccccc4)cccc1-c1ccccc1)c1cc(N(c4ccccc4)c4ccccc4)nc(-c4ccccc4)c1B3c1c(cc(N(c3ccccc3)c3ccccc3)nc1-c1ccccc1)N2c1c(-c2ccccc2)cccc1-c1ccccc1. The van der Waals surface area contributed by atoms with Gasteiger partial charge in [-0.3, -0.25) is 9.80 Å². The molecule has 0 spiro atoms. The Morgan fingerprint density at radius 1 is 0.263 bits per heavy atom. The number of nitrogens with zero attached hydrogens (tertiary/aromatic N) is 6. The summed E-state index contributed by atoms with van der Waals surface area (Å²) in [5.74, 6) is 1.54. The maximum atomic E-state index is 6.22. The van der Waals surface area contributed by atoms with Crippen molar-refractivity contribution in [1.82, 2.24) is 9.97 Å². The van der Waals surface area contributed by atoms with Crippen LogP contribution in [0.15, 0.2) is 364 Å². The summed E-state index contributed by atoms with van der Waals surface area (Å²) in [6.45, 7) is 6.58. The van der Waals surface area contributed by atoms with Gasteiger partial charge in [-0.1, -0.05) is 312 Å². The van der Waals surface area contributed by atoms with E-state index in [1.165, 1.54) is 5.56 Å². The van der Waals surface area contributed by atoms with Crippen LogP contribution in [0.3, 0.4) is 0 Å². The first-order valence-electron chi connectivity index (χ1n) is 34.1. The number of benzene rings is 13. The Kier molecular flexibility index (Phi) is 15.5. The van der Waals surface area contributed by atoms with Crippen molar-refractivity contribution in [2.75, 3.05) is 19.6 Å². The normalized spacial score (nSPS) is 12.1. The molecule has 470 valence electrons. The van der Waals surface area contributed by atoms with Gasteiger partial charge in [0.05, 0.1) is 22.8 Å². The van der Waals surface area contributed by atoms with Gasteiger partial charge in [-0.25, -0.2) is 9.97 Å². The Bertz CT molecular complexity index is 4870. The van der Waals surface area contributed by atoms with Crippen molar-refractivity contribution in [3.63, 3.8) is 0 Å². The maximum absolute atomic E-state index is 6.22. The Balaban J connectivity index is 1.12. The molecular formula is C92H69BN6. The van der Waals surface area contributed by atoms with Crippen LogP contribution >= 0.6 is 0 Å². The largest absolute Gasteiger partial charge is 0.310 e. The Morgan fingerprint density at radius 3 is 0.768 bits per heavy atom. The van der Waals surface area contributed by atoms with Crippen LogP contribution in [0.4, 0.5) is 68.5 Å². The molecule has 0 atom stereocenters. The van der Waals surface area contributed by atoms with Crippen LogP contribution in [0.2, 0.25) is 0 Å². The minimum atomic E-state index is -0.507. The summed E-state index contributed by atoms with van der Waals surface area (Å²) in [6, 6.07) is 132. The lowest BCUT2D eigenvalue weighted by Crippen LogP contribution is -2.63. The molecular weight excluding hydrogens is 1200 g/mol. The first kappa shape index (κ1) is 60.1. The highest BCUT2D eigenvalue weighted by Crippen LogP contribution is 2.56. The zero-order valence-corrected chi connectivity index (χ0v) is 55.4. The highest BCUT2D eigenvalue weighted by molar-refractivity contribution is 7.01. The van der Waals surface area contributed by atoms with Crippen LogP contribution in [0, 0.1) is 0 Å². The first-order chi connectivity index (χ1) is 48.8. The van der Waals surface area contributed by atoms with E-state index in [0.717, 1.165) is 152 Å². The number of hydrogen-bond acceptors (Lipinski definition) is 6. The molecule has 4 heterocycles. The van der Waals surface area contributed by atoms with Crippen LogP contribution in [0.5, 0.6) is 0 Å². The van der Waals surface area contributed by atoms with E-state index in [1.807, 2.05) is 0 Å². The summed E-state index contributed by atoms with van der Waals surface area (Å²) in [5.41, 5.74) is 26.7. The number of fused-ring (bicyclic) bond motifs is 4. The molecule has 0 aliphatic carbocycles. The van der Waals surface area contributed by atoms with Crippen molar-refractivity contribution in [1.29, 1.82) is 0 Å². The fourth-order valence-corrected chi connectivity index (χ4v) is 14.9. The first-order valence-corrected chi connectivity index (χ1v) is 34.1. The van der Waals surface area contributed by atoms with Crippen molar-refractivity contribution in [2.45, 2.75) is 26.2 Å². The van der Waals surface area contributed by atoms with Crippen molar-refractivity contribution >= 4 is 91.6 Å². The van der Waals surface area contributed by atoms with Gasteiger partial charge in [-0.2, -0.15) is 0 Å². The van der Waals surface area contributed by atoms with Crippen LogP contribution in [0.25, 0.3) is 67.0 Å². The quantitative estimate of drug-likeness (QED) is 0.101. The molecule has 2 aromatic heterocycles. The van der Waals surface area contributed by atoms with E-state index in [9.17, 15) is 0 Å². The van der Waals surface area contributed by atoms with Crippen LogP contribution in [-0.4, -0.2) is 16.7 Å². The van der Waals surface area contributed by atoms with Gasteiger partial charge in [0.1, 0.15) is 11.6 Å². The molecule has 0 saturated carbocycles. The average molecular weight is 1270 g/mol. The standard InChI is InChI=1S/C92H69BN6/c1-92(2,3)70-60-79-85-80(61-70)99(91-77(66-40-18-6-19-41-66)58-35-59-78(91)67-42-20-7-21-43-67)82-63-84(97(73-52-30-12-31-53-73)74-54-32-13-33-55-74)95-89(69-46-24-9-25-47-69)87(82)93(85)86-81(98(79)90-75(64-36-14-4-15-37-64)56-34-57-76(90)65-38-16-5-17-39-65)62-83(94-88(86)68-44-22-8-23-45-68)96(71-48-26-10-27-49-71)72-50-28-11-29-51-72/h4-63H,1-3H3. The third-order valence-corrected chi connectivity index (χ3v) is 19.3. The summed E-state index contributed by atoms with van der Waals surface area (Å²) < 4.78 is 0. The second-order valence-corrected chi connectivity index (χ2v) is 26.4. The molecule has 2 aliphatic rings. The lowest BCUT2D eigenvalue weighted by molar-refractivity contribution is 0.590. The molecule has 2 aliphatic heterocycles. The van der Waals surface area contributed by atoms with E-state index in [4.69, 9.17) is 9.97 Å². The van der Waals surface area contributed by atoms with Gasteiger partial charge < -0.3 is 9.80 Å². The highest BCUT2D eigenvalue weighted by atomic mass is 15.2. The number of para-hydroxylation sites is 6. The topological polar surface area (TPSA) is 38.7 Å². The molecule has 0 radical (unpaired) electrons. The molecule has 15 aromatic rings. The number of aromatic nitrogens is 2. The molecule has 0 bridgehead atoms. The Hall–Kier alpha value is -12.6. The van der Waals surface area contributed by atoms with Gasteiger partial charge >= 0.3 is 0 Å². The van der Waals surface area contributed by atoms with E-state index in [1.54, 1.807) is 0 Å². The lowest BCUT2D eigenvalue weighted by Gasteiger charge is -2.47. The van der Waals surface area contributed by atoms with E-state index in [-0.39, 0.29) is 5.41 Å². The molecule has 99 heavy (non-hydrogen) atoms. The molecule has 0 fully saturated rings. The molecule has 0 N–H and O–H groups in total. The second-order valence-electron chi connectivity index (χ2n) is 26.4. The van der Waals surface area contributed by atoms with Crippen LogP contribution in [-0.2, 0) is 5.41 Å². The number of hydrogen-bond donors (Lipinski definition) is 0. The summed E-state index contributed by atoms with van der Waals surface area (Å²) >= 11 is 0. The van der Waals surface area contributed by atoms with Crippen molar-refractivity contribution in [3.8, 4) is 67.0 Å². The summed E-state index contributed by atoms with van der Waals surface area (Å²) in [4.78, 5) is 22.4. The van der Waals surface area contributed by atoms with E-state index < -0.39 is 6.71 Å². The Labute approximate surface area is 580 Å². The van der Waals surface area contributed by atoms with Crippen LogP contribution < -0.4 is 36.0 Å². The molecule has 7 heteroatoms. The van der Waals surface area contributed by atoms with Crippen molar-refractivity contribution < 1.29 is 0 Å². The number of anilines is 12. The summed E-state index contributed by atoms with van der Waals surface area (Å²) in [6.07, 6.45) is 0. The Morgan fingerprint density at radius 2 is 0.505 bits per heavy atom. The monoisotopic (exact) mass is 1270 g/mol. The number of rotatable bonds is 14. The van der Waals surface area contributed by atoms with Gasteiger partial charge in [0.2, 0.25) is 0 Å². The smallest absolute Gasteiger partial charge is 0.257 e. The van der Waals surface area contributed by atoms with Crippen LogP contribution in [0.1, 0.15) is 26.3 Å². The molecule has 13 aromatic carbocycles. The highest BCUT2D eigenvalue weighted by Gasteiger charge is 2.49. The maximum Gasteiger partial charge on any atom is 0.257 e. The van der Waals surface area contributed by atoms with Gasteiger partial charge in [0, 0.05) is 79.9 Å². The molecule has 0 amide bonds. The van der Waals surface area contributed by atoms with E-state index >= 15 is 0 Å². The molecule has 17 rings (SSSR count).